The Morgan fingerprint density at radius 1 is 1.09 bits per heavy atom. The number of alkyl halides is 3. The van der Waals surface area contributed by atoms with Crippen molar-refractivity contribution in [3.8, 4) is 0 Å². The van der Waals surface area contributed by atoms with Crippen LogP contribution in [-0.4, -0.2) is 38.1 Å². The lowest BCUT2D eigenvalue weighted by Gasteiger charge is -2.16. The predicted octanol–water partition coefficient (Wildman–Crippen LogP) is 4.41. The van der Waals surface area contributed by atoms with Crippen LogP contribution in [0.3, 0.4) is 0 Å². The number of amides is 1. The van der Waals surface area contributed by atoms with Gasteiger partial charge in [-0.2, -0.15) is 13.2 Å². The second kappa shape index (κ2) is 11.4. The third-order valence-corrected chi connectivity index (χ3v) is 6.69. The number of carboxylic acids is 1. The van der Waals surface area contributed by atoms with Gasteiger partial charge in [-0.15, -0.1) is 6.58 Å². The highest BCUT2D eigenvalue weighted by Crippen LogP contribution is 2.48. The van der Waals surface area contributed by atoms with Crippen LogP contribution in [0.4, 0.5) is 18.9 Å². The molecule has 1 aliphatic rings. The maximum Gasteiger partial charge on any atom is 0.490 e. The largest absolute Gasteiger partial charge is 0.490 e. The molecule has 190 valence electrons. The number of halogens is 3. The number of anilines is 1. The first-order chi connectivity index (χ1) is 16.4. The van der Waals surface area contributed by atoms with Crippen molar-refractivity contribution in [2.45, 2.75) is 49.1 Å². The Kier molecular flexibility index (Phi) is 9.08. The molecule has 7 nitrogen and oxygen atoms in total. The second-order valence-electron chi connectivity index (χ2n) is 7.96. The fraction of sp³-hybridized carbons (Fsp3) is 0.333. The summed E-state index contributed by atoms with van der Waals surface area (Å²) in [5, 5.41) is 9.98. The van der Waals surface area contributed by atoms with Gasteiger partial charge in [-0.05, 0) is 54.7 Å². The lowest BCUT2D eigenvalue weighted by Crippen LogP contribution is -2.34. The SMILES string of the molecule is C=CCNC(=O)C1(c2ccc(NS(=O)(=O)c3ccc(CCC)cc3)cc2)CC1.O=C(O)C(F)(F)F. The standard InChI is InChI=1S/C22H26N2O3S.C2HF3O2/c1-3-5-17-6-12-20(13-7-17)28(26,27)24-19-10-8-18(9-11-19)22(14-15-22)21(25)23-16-4-2;3-2(4,5)1(6)7/h4,6-13,24H,2-3,5,14-16H2,1H3,(H,23,25);(H,6,7). The van der Waals surface area contributed by atoms with E-state index in [4.69, 9.17) is 9.90 Å². The zero-order valence-corrected chi connectivity index (χ0v) is 19.9. The van der Waals surface area contributed by atoms with E-state index in [2.05, 4.69) is 23.5 Å². The Morgan fingerprint density at radius 2 is 1.63 bits per heavy atom. The van der Waals surface area contributed by atoms with Crippen molar-refractivity contribution < 1.29 is 36.3 Å². The summed E-state index contributed by atoms with van der Waals surface area (Å²) in [5.41, 5.74) is 2.01. The summed E-state index contributed by atoms with van der Waals surface area (Å²) < 4.78 is 59.6. The molecule has 11 heteroatoms. The second-order valence-corrected chi connectivity index (χ2v) is 9.64. The normalized spacial score (nSPS) is 14.2. The van der Waals surface area contributed by atoms with E-state index in [1.54, 1.807) is 30.3 Å². The van der Waals surface area contributed by atoms with Crippen LogP contribution in [0, 0.1) is 0 Å². The van der Waals surface area contributed by atoms with Gasteiger partial charge in [0, 0.05) is 12.2 Å². The zero-order chi connectivity index (χ0) is 26.3. The molecule has 3 rings (SSSR count). The van der Waals surface area contributed by atoms with Gasteiger partial charge in [-0.3, -0.25) is 9.52 Å². The van der Waals surface area contributed by atoms with Gasteiger partial charge in [-0.25, -0.2) is 13.2 Å². The zero-order valence-electron chi connectivity index (χ0n) is 19.1. The average molecular weight is 513 g/mol. The minimum absolute atomic E-state index is 0.00657. The summed E-state index contributed by atoms with van der Waals surface area (Å²) in [6, 6.07) is 14.0. The van der Waals surface area contributed by atoms with Gasteiger partial charge in [0.2, 0.25) is 5.91 Å². The van der Waals surface area contributed by atoms with Gasteiger partial charge in [0.1, 0.15) is 0 Å². The Balaban J connectivity index is 0.000000540. The van der Waals surface area contributed by atoms with Crippen molar-refractivity contribution in [1.82, 2.24) is 5.32 Å². The molecular formula is C24H27F3N2O5S. The number of benzene rings is 2. The molecule has 0 radical (unpaired) electrons. The van der Waals surface area contributed by atoms with Crippen LogP contribution in [0.5, 0.6) is 0 Å². The molecule has 1 aliphatic carbocycles. The summed E-state index contributed by atoms with van der Waals surface area (Å²) in [5.74, 6) is -2.76. The van der Waals surface area contributed by atoms with E-state index in [-0.39, 0.29) is 10.8 Å². The lowest BCUT2D eigenvalue weighted by molar-refractivity contribution is -0.192. The molecular weight excluding hydrogens is 485 g/mol. The lowest BCUT2D eigenvalue weighted by atomic mass is 9.95. The number of carbonyl (C=O) groups excluding carboxylic acids is 1. The van der Waals surface area contributed by atoms with Crippen molar-refractivity contribution >= 4 is 27.6 Å². The Hall–Kier alpha value is -3.34. The van der Waals surface area contributed by atoms with Crippen LogP contribution < -0.4 is 10.0 Å². The molecule has 1 fully saturated rings. The van der Waals surface area contributed by atoms with Crippen LogP contribution in [-0.2, 0) is 31.4 Å². The van der Waals surface area contributed by atoms with E-state index >= 15 is 0 Å². The summed E-state index contributed by atoms with van der Waals surface area (Å²) in [6.07, 6.45) is 0.109. The first-order valence-electron chi connectivity index (χ1n) is 10.8. The summed E-state index contributed by atoms with van der Waals surface area (Å²) in [6.45, 7) is 6.14. The van der Waals surface area contributed by atoms with Gasteiger partial charge in [-0.1, -0.05) is 43.7 Å². The van der Waals surface area contributed by atoms with E-state index in [1.165, 1.54) is 0 Å². The molecule has 0 aliphatic heterocycles. The van der Waals surface area contributed by atoms with E-state index in [0.29, 0.717) is 12.2 Å². The molecule has 35 heavy (non-hydrogen) atoms. The number of sulfonamides is 1. The highest BCUT2D eigenvalue weighted by Gasteiger charge is 2.50. The first kappa shape index (κ1) is 27.9. The van der Waals surface area contributed by atoms with E-state index in [9.17, 15) is 26.4 Å². The van der Waals surface area contributed by atoms with Crippen LogP contribution in [0.2, 0.25) is 0 Å². The molecule has 0 atom stereocenters. The predicted molar refractivity (Wildman–Crippen MR) is 125 cm³/mol. The summed E-state index contributed by atoms with van der Waals surface area (Å²) in [7, 11) is -3.65. The number of aryl methyl sites for hydroxylation is 1. The first-order valence-corrected chi connectivity index (χ1v) is 12.3. The fourth-order valence-electron chi connectivity index (χ4n) is 3.30. The van der Waals surface area contributed by atoms with Crippen molar-refractivity contribution in [3.05, 3.63) is 72.3 Å². The van der Waals surface area contributed by atoms with Crippen molar-refractivity contribution in [2.24, 2.45) is 0 Å². The Labute approximate surface area is 202 Å². The molecule has 3 N–H and O–H groups in total. The van der Waals surface area contributed by atoms with E-state index in [0.717, 1.165) is 36.8 Å². The van der Waals surface area contributed by atoms with Gasteiger partial charge in [0.15, 0.2) is 0 Å². The van der Waals surface area contributed by atoms with Crippen LogP contribution in [0.1, 0.15) is 37.3 Å². The molecule has 0 spiro atoms. The maximum atomic E-state index is 12.6. The molecule has 2 aromatic carbocycles. The van der Waals surface area contributed by atoms with Crippen molar-refractivity contribution in [2.75, 3.05) is 11.3 Å². The minimum Gasteiger partial charge on any atom is -0.475 e. The number of carbonyl (C=O) groups is 2. The van der Waals surface area contributed by atoms with Gasteiger partial charge >= 0.3 is 12.1 Å². The quantitative estimate of drug-likeness (QED) is 0.431. The van der Waals surface area contributed by atoms with Gasteiger partial charge < -0.3 is 10.4 Å². The minimum atomic E-state index is -5.08. The topological polar surface area (TPSA) is 113 Å². The van der Waals surface area contributed by atoms with E-state index in [1.807, 2.05) is 24.3 Å². The molecule has 0 heterocycles. The number of rotatable bonds is 9. The number of hydrogen-bond acceptors (Lipinski definition) is 4. The van der Waals surface area contributed by atoms with Crippen molar-refractivity contribution in [1.29, 1.82) is 0 Å². The third kappa shape index (κ3) is 7.57. The molecule has 0 aromatic heterocycles. The summed E-state index contributed by atoms with van der Waals surface area (Å²) >= 11 is 0. The molecule has 0 bridgehead atoms. The number of aliphatic carboxylic acids is 1. The molecule has 1 saturated carbocycles. The molecule has 1 amide bonds. The fourth-order valence-corrected chi connectivity index (χ4v) is 4.36. The maximum absolute atomic E-state index is 12.6. The molecule has 2 aromatic rings. The highest BCUT2D eigenvalue weighted by atomic mass is 32.2. The highest BCUT2D eigenvalue weighted by molar-refractivity contribution is 7.92. The van der Waals surface area contributed by atoms with E-state index < -0.39 is 27.6 Å². The number of carboxylic acid groups (broad SMARTS) is 1. The average Bonchev–Trinajstić information content (AvgIpc) is 3.60. The Morgan fingerprint density at radius 3 is 2.06 bits per heavy atom. The van der Waals surface area contributed by atoms with Crippen molar-refractivity contribution in [3.63, 3.8) is 0 Å². The van der Waals surface area contributed by atoms with Crippen LogP contribution in [0.25, 0.3) is 0 Å². The van der Waals surface area contributed by atoms with Gasteiger partial charge in [0.05, 0.1) is 10.3 Å². The monoisotopic (exact) mass is 512 g/mol. The smallest absolute Gasteiger partial charge is 0.475 e. The Bertz CT molecular complexity index is 1140. The number of nitrogens with one attached hydrogen (secondary N) is 2. The molecule has 0 unspecified atom stereocenters. The number of hydrogen-bond donors (Lipinski definition) is 3. The summed E-state index contributed by atoms with van der Waals surface area (Å²) in [4.78, 5) is 21.5. The molecule has 0 saturated heterocycles. The van der Waals surface area contributed by atoms with Gasteiger partial charge in [0.25, 0.3) is 10.0 Å². The third-order valence-electron chi connectivity index (χ3n) is 5.30. The van der Waals surface area contributed by atoms with Crippen LogP contribution in [0.15, 0.2) is 66.1 Å². The van der Waals surface area contributed by atoms with Crippen LogP contribution >= 0.6 is 0 Å².